The van der Waals surface area contributed by atoms with Crippen molar-refractivity contribution in [1.29, 1.82) is 0 Å². The lowest BCUT2D eigenvalue weighted by atomic mass is 10.0. The lowest BCUT2D eigenvalue weighted by Gasteiger charge is -2.15. The van der Waals surface area contributed by atoms with E-state index in [0.29, 0.717) is 17.4 Å². The third-order valence-corrected chi connectivity index (χ3v) is 4.11. The van der Waals surface area contributed by atoms with Gasteiger partial charge in [-0.25, -0.2) is 13.8 Å². The number of nitrogens with zero attached hydrogens (tertiary/aromatic N) is 2. The largest absolute Gasteiger partial charge is 0.375 e. The Morgan fingerprint density at radius 3 is 2.48 bits per heavy atom. The van der Waals surface area contributed by atoms with E-state index < -0.39 is 5.92 Å². The van der Waals surface area contributed by atoms with E-state index in [9.17, 15) is 8.78 Å². The van der Waals surface area contributed by atoms with Crippen LogP contribution in [0.4, 0.5) is 8.78 Å². The molecule has 0 aliphatic heterocycles. The van der Waals surface area contributed by atoms with Crippen LogP contribution in [0, 0.1) is 0 Å². The summed E-state index contributed by atoms with van der Waals surface area (Å²) in [6.45, 7) is 9.35. The molecule has 0 amide bonds. The number of rotatable bonds is 9. The Hall–Kier alpha value is -1.75. The van der Waals surface area contributed by atoms with E-state index in [1.807, 2.05) is 13.8 Å². The van der Waals surface area contributed by atoms with Crippen LogP contribution in [0.1, 0.15) is 51.2 Å². The number of alkyl halides is 3. The second-order valence-electron chi connectivity index (χ2n) is 5.53. The Morgan fingerprint density at radius 2 is 1.96 bits per heavy atom. The summed E-state index contributed by atoms with van der Waals surface area (Å²) in [6.07, 6.45) is 1.26. The van der Waals surface area contributed by atoms with Crippen molar-refractivity contribution in [2.75, 3.05) is 6.00 Å². The SMILES string of the molecule is C=NC(=NCc1cccc(C(F)(F)CC)c1)/C(CC)=C(/CC)NCCl. The number of halogens is 3. The minimum atomic E-state index is -2.83. The first-order chi connectivity index (χ1) is 11.9. The molecule has 0 atom stereocenters. The van der Waals surface area contributed by atoms with Gasteiger partial charge in [0.25, 0.3) is 5.92 Å². The zero-order valence-electron chi connectivity index (χ0n) is 15.1. The Morgan fingerprint density at radius 1 is 1.24 bits per heavy atom. The first kappa shape index (κ1) is 21.3. The van der Waals surface area contributed by atoms with Crippen LogP contribution in [0.2, 0.25) is 0 Å². The first-order valence-electron chi connectivity index (χ1n) is 8.44. The second kappa shape index (κ2) is 10.3. The third kappa shape index (κ3) is 5.92. The van der Waals surface area contributed by atoms with Gasteiger partial charge in [0, 0.05) is 23.3 Å². The van der Waals surface area contributed by atoms with Crippen LogP contribution in [-0.4, -0.2) is 18.6 Å². The van der Waals surface area contributed by atoms with E-state index in [1.54, 1.807) is 12.1 Å². The van der Waals surface area contributed by atoms with E-state index in [-0.39, 0.29) is 18.5 Å². The van der Waals surface area contributed by atoms with Crippen molar-refractivity contribution < 1.29 is 8.78 Å². The van der Waals surface area contributed by atoms with Crippen LogP contribution in [-0.2, 0) is 12.5 Å². The van der Waals surface area contributed by atoms with Gasteiger partial charge in [0.05, 0.1) is 12.5 Å². The van der Waals surface area contributed by atoms with Gasteiger partial charge in [0.2, 0.25) is 0 Å². The topological polar surface area (TPSA) is 36.8 Å². The van der Waals surface area contributed by atoms with Gasteiger partial charge in [-0.3, -0.25) is 4.99 Å². The zero-order valence-corrected chi connectivity index (χ0v) is 15.8. The third-order valence-electron chi connectivity index (χ3n) is 3.98. The van der Waals surface area contributed by atoms with Crippen LogP contribution >= 0.6 is 11.6 Å². The summed E-state index contributed by atoms with van der Waals surface area (Å²) in [5, 5.41) is 3.11. The fraction of sp³-hybridized carbons (Fsp3) is 0.474. The molecule has 0 aliphatic rings. The van der Waals surface area contributed by atoms with Crippen molar-refractivity contribution in [2.45, 2.75) is 52.5 Å². The standard InChI is InChI=1S/C19H26ClF2N3/c1-5-16(17(6-2)25-13-20)18(23-4)24-12-14-9-8-10-15(11-14)19(21,22)7-3/h8-11,25H,4-7,12-13H2,1-3H3/b17-16-,24-18?. The molecule has 0 aliphatic carbocycles. The molecule has 0 heterocycles. The average molecular weight is 370 g/mol. The molecule has 1 N–H and O–H groups in total. The molecular weight excluding hydrogens is 344 g/mol. The number of allylic oxidation sites excluding steroid dienone is 1. The second-order valence-corrected chi connectivity index (χ2v) is 5.80. The predicted molar refractivity (Wildman–Crippen MR) is 103 cm³/mol. The summed E-state index contributed by atoms with van der Waals surface area (Å²) in [5.41, 5.74) is 2.63. The number of amidine groups is 1. The molecule has 1 aromatic rings. The summed E-state index contributed by atoms with van der Waals surface area (Å²) in [4.78, 5) is 8.51. The summed E-state index contributed by atoms with van der Waals surface area (Å²) < 4.78 is 27.7. The molecule has 138 valence electrons. The maximum atomic E-state index is 13.9. The molecule has 1 rings (SSSR count). The van der Waals surface area contributed by atoms with E-state index in [2.05, 4.69) is 22.0 Å². The maximum absolute atomic E-state index is 13.9. The molecule has 0 fully saturated rings. The van der Waals surface area contributed by atoms with Crippen LogP contribution in [0.15, 0.2) is 45.5 Å². The van der Waals surface area contributed by atoms with Crippen molar-refractivity contribution in [2.24, 2.45) is 9.98 Å². The van der Waals surface area contributed by atoms with Crippen molar-refractivity contribution in [3.8, 4) is 0 Å². The van der Waals surface area contributed by atoms with Crippen LogP contribution in [0.3, 0.4) is 0 Å². The summed E-state index contributed by atoms with van der Waals surface area (Å²) in [5.74, 6) is -2.31. The maximum Gasteiger partial charge on any atom is 0.273 e. The fourth-order valence-corrected chi connectivity index (χ4v) is 2.70. The molecule has 0 unspecified atom stereocenters. The Bertz CT molecular complexity index is 639. The van der Waals surface area contributed by atoms with Gasteiger partial charge in [0.1, 0.15) is 0 Å². The van der Waals surface area contributed by atoms with Crippen molar-refractivity contribution in [3.63, 3.8) is 0 Å². The number of aliphatic imine (C=N–C) groups is 2. The highest BCUT2D eigenvalue weighted by molar-refractivity contribution is 6.17. The van der Waals surface area contributed by atoms with Gasteiger partial charge >= 0.3 is 0 Å². The lowest BCUT2D eigenvalue weighted by Crippen LogP contribution is -2.16. The summed E-state index contributed by atoms with van der Waals surface area (Å²) >= 11 is 5.77. The normalized spacial score (nSPS) is 13.4. The molecule has 1 aromatic carbocycles. The van der Waals surface area contributed by atoms with Gasteiger partial charge < -0.3 is 5.32 Å². The van der Waals surface area contributed by atoms with Gasteiger partial charge in [0.15, 0.2) is 5.84 Å². The number of nitrogens with one attached hydrogen (secondary N) is 1. The molecular formula is C19H26ClF2N3. The molecule has 25 heavy (non-hydrogen) atoms. The van der Waals surface area contributed by atoms with Gasteiger partial charge in [-0.2, -0.15) is 0 Å². The van der Waals surface area contributed by atoms with Gasteiger partial charge in [-0.15, -0.1) is 11.6 Å². The monoisotopic (exact) mass is 369 g/mol. The van der Waals surface area contributed by atoms with E-state index in [4.69, 9.17) is 11.6 Å². The Labute approximate surface area is 153 Å². The minimum Gasteiger partial charge on any atom is -0.375 e. The van der Waals surface area contributed by atoms with Crippen LogP contribution in [0.25, 0.3) is 0 Å². The molecule has 0 aromatic heterocycles. The molecule has 0 saturated carbocycles. The van der Waals surface area contributed by atoms with Crippen molar-refractivity contribution >= 4 is 24.2 Å². The Kier molecular flexibility index (Phi) is 8.76. The predicted octanol–water partition coefficient (Wildman–Crippen LogP) is 5.65. The fourth-order valence-electron chi connectivity index (χ4n) is 2.54. The van der Waals surface area contributed by atoms with Crippen LogP contribution < -0.4 is 5.32 Å². The highest BCUT2D eigenvalue weighted by Crippen LogP contribution is 2.31. The number of hydrogen-bond donors (Lipinski definition) is 1. The Balaban J connectivity index is 3.12. The molecule has 0 spiro atoms. The first-order valence-corrected chi connectivity index (χ1v) is 8.97. The molecule has 3 nitrogen and oxygen atoms in total. The van der Waals surface area contributed by atoms with Crippen LogP contribution in [0.5, 0.6) is 0 Å². The number of benzene rings is 1. The van der Waals surface area contributed by atoms with E-state index in [1.165, 1.54) is 19.1 Å². The van der Waals surface area contributed by atoms with Gasteiger partial charge in [-0.1, -0.05) is 39.0 Å². The summed E-state index contributed by atoms with van der Waals surface area (Å²) in [7, 11) is 0. The molecule has 6 heteroatoms. The van der Waals surface area contributed by atoms with Gasteiger partial charge in [-0.05, 0) is 31.2 Å². The van der Waals surface area contributed by atoms with Crippen molar-refractivity contribution in [1.82, 2.24) is 5.32 Å². The summed E-state index contributed by atoms with van der Waals surface area (Å²) in [6, 6.07) is 6.66. The zero-order chi connectivity index (χ0) is 18.9. The number of hydrogen-bond acceptors (Lipinski definition) is 2. The lowest BCUT2D eigenvalue weighted by molar-refractivity contribution is -0.00835. The minimum absolute atomic E-state index is 0.0140. The highest BCUT2D eigenvalue weighted by atomic mass is 35.5. The quantitative estimate of drug-likeness (QED) is 0.260. The highest BCUT2D eigenvalue weighted by Gasteiger charge is 2.28. The van der Waals surface area contributed by atoms with E-state index >= 15 is 0 Å². The molecule has 0 bridgehead atoms. The van der Waals surface area contributed by atoms with E-state index in [0.717, 1.165) is 24.1 Å². The molecule has 0 radical (unpaired) electrons. The smallest absolute Gasteiger partial charge is 0.273 e. The average Bonchev–Trinajstić information content (AvgIpc) is 2.64. The molecule has 0 saturated heterocycles. The van der Waals surface area contributed by atoms with Crippen molar-refractivity contribution in [3.05, 3.63) is 46.7 Å².